The molecule has 1 unspecified atom stereocenters. The average molecular weight is 249 g/mol. The van der Waals surface area contributed by atoms with Crippen LogP contribution in [0.5, 0.6) is 5.75 Å². The molecule has 0 aliphatic rings. The van der Waals surface area contributed by atoms with Crippen molar-refractivity contribution in [3.8, 4) is 5.75 Å². The van der Waals surface area contributed by atoms with Gasteiger partial charge >= 0.3 is 0 Å². The maximum absolute atomic E-state index is 5.57. The lowest BCUT2D eigenvalue weighted by Crippen LogP contribution is -2.21. The van der Waals surface area contributed by atoms with Crippen LogP contribution in [0.15, 0.2) is 24.3 Å². The van der Waals surface area contributed by atoms with Gasteiger partial charge in [0.25, 0.3) is 0 Å². The molecule has 0 saturated heterocycles. The van der Waals surface area contributed by atoms with Gasteiger partial charge in [-0.2, -0.15) is 0 Å². The molecule has 0 bridgehead atoms. The van der Waals surface area contributed by atoms with Crippen molar-refractivity contribution in [3.63, 3.8) is 0 Å². The van der Waals surface area contributed by atoms with Crippen LogP contribution >= 0.6 is 0 Å². The van der Waals surface area contributed by atoms with Gasteiger partial charge in [0.15, 0.2) is 0 Å². The standard InChI is InChI=1S/C16H27NO/c1-5-17-16(11-10-13(3)4)14-8-7-9-15(12-14)18-6-2/h7-9,12-13,16-17H,5-6,10-11H2,1-4H3. The van der Waals surface area contributed by atoms with E-state index in [0.29, 0.717) is 6.04 Å². The quantitative estimate of drug-likeness (QED) is 0.746. The summed E-state index contributed by atoms with van der Waals surface area (Å²) in [6.07, 6.45) is 2.43. The maximum Gasteiger partial charge on any atom is 0.119 e. The van der Waals surface area contributed by atoms with Crippen LogP contribution in [0.2, 0.25) is 0 Å². The molecule has 2 nitrogen and oxygen atoms in total. The van der Waals surface area contributed by atoms with Crippen molar-refractivity contribution < 1.29 is 4.74 Å². The van der Waals surface area contributed by atoms with E-state index in [9.17, 15) is 0 Å². The SMILES string of the molecule is CCNC(CCC(C)C)c1cccc(OCC)c1. The minimum Gasteiger partial charge on any atom is -0.494 e. The first kappa shape index (κ1) is 15.0. The van der Waals surface area contributed by atoms with E-state index in [4.69, 9.17) is 4.74 Å². The summed E-state index contributed by atoms with van der Waals surface area (Å²) >= 11 is 0. The van der Waals surface area contributed by atoms with Crippen LogP contribution in [0.4, 0.5) is 0 Å². The number of rotatable bonds is 8. The Morgan fingerprint density at radius 3 is 2.56 bits per heavy atom. The molecule has 0 heterocycles. The minimum atomic E-state index is 0.442. The zero-order valence-electron chi connectivity index (χ0n) is 12.2. The molecule has 102 valence electrons. The summed E-state index contributed by atoms with van der Waals surface area (Å²) in [5.74, 6) is 1.73. The molecule has 2 heteroatoms. The van der Waals surface area contributed by atoms with Crippen LogP contribution in [0.1, 0.15) is 52.1 Å². The summed E-state index contributed by atoms with van der Waals surface area (Å²) in [5, 5.41) is 3.57. The Morgan fingerprint density at radius 1 is 1.17 bits per heavy atom. The van der Waals surface area contributed by atoms with Gasteiger partial charge in [0, 0.05) is 6.04 Å². The van der Waals surface area contributed by atoms with Gasteiger partial charge in [-0.3, -0.25) is 0 Å². The van der Waals surface area contributed by atoms with Gasteiger partial charge in [0.1, 0.15) is 5.75 Å². The highest BCUT2D eigenvalue weighted by atomic mass is 16.5. The van der Waals surface area contributed by atoms with E-state index in [1.165, 1.54) is 18.4 Å². The molecule has 0 fully saturated rings. The lowest BCUT2D eigenvalue weighted by Gasteiger charge is -2.20. The van der Waals surface area contributed by atoms with E-state index in [2.05, 4.69) is 44.3 Å². The minimum absolute atomic E-state index is 0.442. The number of nitrogens with one attached hydrogen (secondary N) is 1. The van der Waals surface area contributed by atoms with E-state index >= 15 is 0 Å². The highest BCUT2D eigenvalue weighted by molar-refractivity contribution is 5.30. The summed E-state index contributed by atoms with van der Waals surface area (Å²) in [4.78, 5) is 0. The van der Waals surface area contributed by atoms with Gasteiger partial charge in [-0.1, -0.05) is 32.9 Å². The monoisotopic (exact) mass is 249 g/mol. The zero-order valence-corrected chi connectivity index (χ0v) is 12.2. The summed E-state index contributed by atoms with van der Waals surface area (Å²) < 4.78 is 5.57. The molecule has 1 aromatic carbocycles. The Bertz CT molecular complexity index is 336. The summed E-state index contributed by atoms with van der Waals surface area (Å²) in [7, 11) is 0. The van der Waals surface area contributed by atoms with Crippen LogP contribution in [0, 0.1) is 5.92 Å². The van der Waals surface area contributed by atoms with E-state index in [1.807, 2.05) is 13.0 Å². The number of hydrogen-bond donors (Lipinski definition) is 1. The second-order valence-electron chi connectivity index (χ2n) is 5.09. The van der Waals surface area contributed by atoms with Gasteiger partial charge < -0.3 is 10.1 Å². The normalized spacial score (nSPS) is 12.7. The predicted molar refractivity (Wildman–Crippen MR) is 78.1 cm³/mol. The summed E-state index contributed by atoms with van der Waals surface area (Å²) in [6, 6.07) is 8.91. The zero-order chi connectivity index (χ0) is 13.4. The number of ether oxygens (including phenoxy) is 1. The summed E-state index contributed by atoms with van der Waals surface area (Å²) in [6.45, 7) is 10.5. The van der Waals surface area contributed by atoms with Crippen molar-refractivity contribution in [2.45, 2.75) is 46.6 Å². The fourth-order valence-corrected chi connectivity index (χ4v) is 2.12. The Morgan fingerprint density at radius 2 is 1.94 bits per heavy atom. The summed E-state index contributed by atoms with van der Waals surface area (Å²) in [5.41, 5.74) is 1.34. The van der Waals surface area contributed by atoms with Crippen molar-refractivity contribution in [1.82, 2.24) is 5.32 Å². The van der Waals surface area contributed by atoms with Crippen molar-refractivity contribution in [2.75, 3.05) is 13.2 Å². The first-order chi connectivity index (χ1) is 8.67. The Balaban J connectivity index is 2.73. The first-order valence-electron chi connectivity index (χ1n) is 7.13. The first-order valence-corrected chi connectivity index (χ1v) is 7.13. The Hall–Kier alpha value is -1.02. The van der Waals surface area contributed by atoms with Crippen LogP contribution < -0.4 is 10.1 Å². The molecule has 0 spiro atoms. The predicted octanol–water partition coefficient (Wildman–Crippen LogP) is 4.17. The van der Waals surface area contributed by atoms with Crippen molar-refractivity contribution >= 4 is 0 Å². The van der Waals surface area contributed by atoms with Crippen LogP contribution in [0.3, 0.4) is 0 Å². The third-order valence-electron chi connectivity index (χ3n) is 3.05. The second kappa shape index (κ2) is 8.15. The average Bonchev–Trinajstić information content (AvgIpc) is 2.35. The van der Waals surface area contributed by atoms with Gasteiger partial charge in [-0.25, -0.2) is 0 Å². The molecular weight excluding hydrogens is 222 g/mol. The smallest absolute Gasteiger partial charge is 0.119 e. The van der Waals surface area contributed by atoms with Gasteiger partial charge in [-0.15, -0.1) is 0 Å². The second-order valence-corrected chi connectivity index (χ2v) is 5.09. The lowest BCUT2D eigenvalue weighted by molar-refractivity contribution is 0.339. The molecule has 1 N–H and O–H groups in total. The molecule has 18 heavy (non-hydrogen) atoms. The molecule has 0 saturated carbocycles. The van der Waals surface area contributed by atoms with E-state index in [1.54, 1.807) is 0 Å². The molecule has 0 aliphatic heterocycles. The Labute approximate surface area is 112 Å². The van der Waals surface area contributed by atoms with E-state index in [-0.39, 0.29) is 0 Å². The highest BCUT2D eigenvalue weighted by Gasteiger charge is 2.11. The van der Waals surface area contributed by atoms with Crippen LogP contribution in [-0.2, 0) is 0 Å². The fourth-order valence-electron chi connectivity index (χ4n) is 2.12. The largest absolute Gasteiger partial charge is 0.494 e. The molecular formula is C16H27NO. The molecule has 0 aliphatic carbocycles. The van der Waals surface area contributed by atoms with Gasteiger partial charge in [0.05, 0.1) is 6.61 Å². The molecule has 0 amide bonds. The number of hydrogen-bond acceptors (Lipinski definition) is 2. The third-order valence-corrected chi connectivity index (χ3v) is 3.05. The molecule has 0 radical (unpaired) electrons. The molecule has 1 aromatic rings. The molecule has 0 aromatic heterocycles. The van der Waals surface area contributed by atoms with Gasteiger partial charge in [-0.05, 0) is 49.9 Å². The van der Waals surface area contributed by atoms with Crippen molar-refractivity contribution in [3.05, 3.63) is 29.8 Å². The van der Waals surface area contributed by atoms with Gasteiger partial charge in [0.2, 0.25) is 0 Å². The maximum atomic E-state index is 5.57. The molecule has 1 rings (SSSR count). The third kappa shape index (κ3) is 5.09. The topological polar surface area (TPSA) is 21.3 Å². The highest BCUT2D eigenvalue weighted by Crippen LogP contribution is 2.24. The number of benzene rings is 1. The van der Waals surface area contributed by atoms with Crippen molar-refractivity contribution in [2.24, 2.45) is 5.92 Å². The van der Waals surface area contributed by atoms with Crippen LogP contribution in [-0.4, -0.2) is 13.2 Å². The van der Waals surface area contributed by atoms with E-state index in [0.717, 1.165) is 24.8 Å². The Kier molecular flexibility index (Phi) is 6.81. The van der Waals surface area contributed by atoms with Crippen molar-refractivity contribution in [1.29, 1.82) is 0 Å². The lowest BCUT2D eigenvalue weighted by atomic mass is 9.97. The molecule has 1 atom stereocenters. The van der Waals surface area contributed by atoms with E-state index < -0.39 is 0 Å². The van der Waals surface area contributed by atoms with Crippen LogP contribution in [0.25, 0.3) is 0 Å². The fraction of sp³-hybridized carbons (Fsp3) is 0.625.